The van der Waals surface area contributed by atoms with Crippen molar-refractivity contribution in [1.29, 1.82) is 0 Å². The molecule has 2 bridgehead atoms. The third-order valence-corrected chi connectivity index (χ3v) is 12.9. The topological polar surface area (TPSA) is 114 Å². The summed E-state index contributed by atoms with van der Waals surface area (Å²) in [4.78, 5) is 28.9. The number of nitrogens with one attached hydrogen (secondary N) is 1. The number of aliphatic hydroxyl groups excluding tert-OH is 1. The van der Waals surface area contributed by atoms with Crippen LogP contribution in [0.15, 0.2) is 71.8 Å². The van der Waals surface area contributed by atoms with Crippen LogP contribution in [0.1, 0.15) is 72.9 Å². The molecule has 47 heavy (non-hydrogen) atoms. The number of ketones is 1. The number of methoxy groups -OCH3 is 1. The van der Waals surface area contributed by atoms with Crippen LogP contribution in [0.25, 0.3) is 0 Å². The van der Waals surface area contributed by atoms with Gasteiger partial charge in [-0.3, -0.25) is 4.79 Å². The molecule has 11 atom stereocenters. The van der Waals surface area contributed by atoms with Gasteiger partial charge >= 0.3 is 5.97 Å². The summed E-state index contributed by atoms with van der Waals surface area (Å²) in [5.41, 5.74) is -0.391. The molecule has 3 fully saturated rings. The molecule has 0 unspecified atom stereocenters. The van der Waals surface area contributed by atoms with Gasteiger partial charge in [0, 0.05) is 42.4 Å². The lowest BCUT2D eigenvalue weighted by Gasteiger charge is -2.68. The minimum absolute atomic E-state index is 0.0316. The summed E-state index contributed by atoms with van der Waals surface area (Å²) in [7, 11) is 1.50. The van der Waals surface area contributed by atoms with Crippen molar-refractivity contribution in [3.63, 3.8) is 0 Å². The molecule has 1 heterocycles. The number of aliphatic hydroxyl groups is 2. The SMILES string of the molecule is CO[C@@H](C(=O)O[C@H]1C[C@@]2(O)[C@@H](C)[C@@H]3[C@]4(C)CO[C@@H]4C[C@H](O)[C@@]3(C)C(=O)[C@H](C)C(=C1C)C2(C)C)[C@@H](Nc1ccccc1)c1ccccc1. The number of hydrogen-bond acceptors (Lipinski definition) is 8. The Morgan fingerprint density at radius 3 is 2.21 bits per heavy atom. The van der Waals surface area contributed by atoms with Gasteiger partial charge in [-0.05, 0) is 54.5 Å². The highest BCUT2D eigenvalue weighted by atomic mass is 16.6. The van der Waals surface area contributed by atoms with Crippen molar-refractivity contribution in [2.75, 3.05) is 19.0 Å². The average molecular weight is 646 g/mol. The van der Waals surface area contributed by atoms with Crippen molar-refractivity contribution >= 4 is 17.4 Å². The molecule has 4 aliphatic rings. The van der Waals surface area contributed by atoms with Crippen LogP contribution in [0.3, 0.4) is 0 Å². The molecule has 6 rings (SSSR count). The highest BCUT2D eigenvalue weighted by Gasteiger charge is 2.72. The maximum atomic E-state index is 14.7. The largest absolute Gasteiger partial charge is 0.456 e. The second-order valence-electron chi connectivity index (χ2n) is 15.5. The highest BCUT2D eigenvalue weighted by molar-refractivity contribution is 5.91. The number of esters is 1. The van der Waals surface area contributed by atoms with E-state index in [1.165, 1.54) is 7.11 Å². The molecule has 3 N–H and O–H groups in total. The van der Waals surface area contributed by atoms with E-state index in [1.54, 1.807) is 0 Å². The maximum absolute atomic E-state index is 14.7. The Labute approximate surface area is 278 Å². The summed E-state index contributed by atoms with van der Waals surface area (Å²) >= 11 is 0. The summed E-state index contributed by atoms with van der Waals surface area (Å²) in [5.74, 6) is -1.97. The van der Waals surface area contributed by atoms with E-state index in [-0.39, 0.29) is 29.6 Å². The van der Waals surface area contributed by atoms with Gasteiger partial charge in [0.05, 0.1) is 35.9 Å². The summed E-state index contributed by atoms with van der Waals surface area (Å²) < 4.78 is 18.2. The van der Waals surface area contributed by atoms with E-state index < -0.39 is 58.6 Å². The minimum atomic E-state index is -1.36. The summed E-state index contributed by atoms with van der Waals surface area (Å²) in [6.07, 6.45) is -2.31. The van der Waals surface area contributed by atoms with Crippen LogP contribution in [-0.4, -0.2) is 65.7 Å². The molecule has 2 aromatic carbocycles. The molecule has 8 nitrogen and oxygen atoms in total. The molecule has 2 aromatic rings. The van der Waals surface area contributed by atoms with Crippen LogP contribution in [0.4, 0.5) is 5.69 Å². The Morgan fingerprint density at radius 2 is 1.64 bits per heavy atom. The molecule has 8 heteroatoms. The first-order valence-corrected chi connectivity index (χ1v) is 17.0. The van der Waals surface area contributed by atoms with Gasteiger partial charge in [0.25, 0.3) is 0 Å². The number of rotatable bonds is 7. The van der Waals surface area contributed by atoms with Crippen molar-refractivity contribution in [3.05, 3.63) is 77.4 Å². The number of fused-ring (bicyclic) bond motifs is 5. The first-order chi connectivity index (χ1) is 22.1. The fourth-order valence-corrected chi connectivity index (χ4v) is 10.4. The van der Waals surface area contributed by atoms with Gasteiger partial charge in [-0.15, -0.1) is 0 Å². The van der Waals surface area contributed by atoms with Gasteiger partial charge in [0.2, 0.25) is 0 Å². The Morgan fingerprint density at radius 1 is 1.02 bits per heavy atom. The smallest absolute Gasteiger partial charge is 0.338 e. The number of Topliss-reactive ketones (excluding diaryl/α,β-unsaturated/α-hetero) is 1. The second kappa shape index (κ2) is 11.8. The minimum Gasteiger partial charge on any atom is -0.456 e. The fraction of sp³-hybridized carbons (Fsp3) is 0.590. The Bertz CT molecular complexity index is 1540. The lowest BCUT2D eigenvalue weighted by Crippen LogP contribution is -2.74. The third-order valence-electron chi connectivity index (χ3n) is 12.9. The number of benzene rings is 2. The van der Waals surface area contributed by atoms with Crippen LogP contribution in [0.5, 0.6) is 0 Å². The Kier molecular flexibility index (Phi) is 8.52. The molecule has 3 aliphatic carbocycles. The van der Waals surface area contributed by atoms with Crippen molar-refractivity contribution in [2.45, 2.75) is 97.4 Å². The summed E-state index contributed by atoms with van der Waals surface area (Å²) in [6, 6.07) is 18.7. The Hall–Kier alpha value is -3.04. The van der Waals surface area contributed by atoms with Crippen LogP contribution in [0, 0.1) is 34.0 Å². The Balaban J connectivity index is 1.40. The van der Waals surface area contributed by atoms with Gasteiger partial charge in [-0.2, -0.15) is 0 Å². The molecule has 2 saturated carbocycles. The molecular weight excluding hydrogens is 594 g/mol. The molecule has 0 spiro atoms. The van der Waals surface area contributed by atoms with Crippen molar-refractivity contribution < 1.29 is 34.0 Å². The molecule has 1 aliphatic heterocycles. The molecule has 1 saturated heterocycles. The van der Waals surface area contributed by atoms with Gasteiger partial charge in [0.15, 0.2) is 6.10 Å². The highest BCUT2D eigenvalue weighted by Crippen LogP contribution is 2.67. The number of carbonyl (C=O) groups is 2. The second-order valence-corrected chi connectivity index (χ2v) is 15.5. The van der Waals surface area contributed by atoms with Crippen LogP contribution in [0.2, 0.25) is 0 Å². The van der Waals surface area contributed by atoms with E-state index in [1.807, 2.05) is 102 Å². The van der Waals surface area contributed by atoms with Crippen molar-refractivity contribution in [1.82, 2.24) is 0 Å². The lowest BCUT2D eigenvalue weighted by atomic mass is 9.40. The first kappa shape index (κ1) is 33.8. The van der Waals surface area contributed by atoms with Gasteiger partial charge < -0.3 is 29.7 Å². The zero-order valence-electron chi connectivity index (χ0n) is 28.9. The maximum Gasteiger partial charge on any atom is 0.338 e. The van der Waals surface area contributed by atoms with E-state index in [2.05, 4.69) is 12.2 Å². The molecule has 254 valence electrons. The molecular formula is C39H51NO7. The zero-order valence-corrected chi connectivity index (χ0v) is 28.9. The quantitative estimate of drug-likeness (QED) is 0.252. The number of ether oxygens (including phenoxy) is 3. The number of para-hydroxylation sites is 1. The fourth-order valence-electron chi connectivity index (χ4n) is 10.4. The van der Waals surface area contributed by atoms with E-state index in [0.717, 1.165) is 22.4 Å². The lowest BCUT2D eigenvalue weighted by molar-refractivity contribution is -0.301. The van der Waals surface area contributed by atoms with Crippen LogP contribution >= 0.6 is 0 Å². The molecule has 0 amide bonds. The monoisotopic (exact) mass is 645 g/mol. The van der Waals surface area contributed by atoms with Gasteiger partial charge in [-0.1, -0.05) is 83.1 Å². The third kappa shape index (κ3) is 4.93. The van der Waals surface area contributed by atoms with E-state index in [9.17, 15) is 19.8 Å². The predicted molar refractivity (Wildman–Crippen MR) is 179 cm³/mol. The van der Waals surface area contributed by atoms with E-state index in [4.69, 9.17) is 14.2 Å². The van der Waals surface area contributed by atoms with Gasteiger partial charge in [-0.25, -0.2) is 4.79 Å². The van der Waals surface area contributed by atoms with Crippen LogP contribution < -0.4 is 5.32 Å². The molecule has 0 radical (unpaired) electrons. The normalized spacial score (nSPS) is 38.9. The van der Waals surface area contributed by atoms with Crippen LogP contribution in [-0.2, 0) is 23.8 Å². The van der Waals surface area contributed by atoms with E-state index in [0.29, 0.717) is 13.0 Å². The zero-order chi connectivity index (χ0) is 34.1. The first-order valence-electron chi connectivity index (χ1n) is 17.0. The number of carbonyl (C=O) groups excluding carboxylic acids is 2. The van der Waals surface area contributed by atoms with Crippen molar-refractivity contribution in [3.8, 4) is 0 Å². The van der Waals surface area contributed by atoms with E-state index >= 15 is 0 Å². The standard InChI is InChI=1S/C39H51NO7/c1-22-27(47-35(43)32(45-8)31(25-15-11-9-12-16-25)40-26-17-13-10-14-18-26)20-39(44)24(3)33-37(6)21-46-29(37)19-28(41)38(33,7)34(42)23(2)30(22)36(39,4)5/h9-18,23-24,27-29,31-33,40-41,44H,19-21H2,1-8H3/t23-,24+,27+,28+,29-,31+,32-,33-,37-,38-,39-/m1/s1. The summed E-state index contributed by atoms with van der Waals surface area (Å²) in [6.45, 7) is 14.3. The predicted octanol–water partition coefficient (Wildman–Crippen LogP) is 5.89. The van der Waals surface area contributed by atoms with Crippen molar-refractivity contribution in [2.24, 2.45) is 34.0 Å². The average Bonchev–Trinajstić information content (AvgIpc) is 3.04. The number of anilines is 1. The number of hydrogen-bond donors (Lipinski definition) is 3. The molecule has 0 aromatic heterocycles. The summed E-state index contributed by atoms with van der Waals surface area (Å²) in [5, 5.41) is 28.1. The van der Waals surface area contributed by atoms with Gasteiger partial charge in [0.1, 0.15) is 11.9 Å².